The van der Waals surface area contributed by atoms with E-state index in [9.17, 15) is 9.59 Å². The summed E-state index contributed by atoms with van der Waals surface area (Å²) < 4.78 is 10.8. The summed E-state index contributed by atoms with van der Waals surface area (Å²) in [5.74, 6) is -0.186. The number of anilines is 1. The first-order chi connectivity index (χ1) is 12.6. The van der Waals surface area contributed by atoms with Crippen molar-refractivity contribution in [2.24, 2.45) is 0 Å². The van der Waals surface area contributed by atoms with Crippen LogP contribution in [0.1, 0.15) is 10.4 Å². The summed E-state index contributed by atoms with van der Waals surface area (Å²) in [4.78, 5) is 26.5. The van der Waals surface area contributed by atoms with Gasteiger partial charge in [-0.05, 0) is 30.3 Å². The van der Waals surface area contributed by atoms with E-state index >= 15 is 0 Å². The number of halogens is 1. The zero-order chi connectivity index (χ0) is 18.4. The van der Waals surface area contributed by atoms with Crippen molar-refractivity contribution in [2.45, 2.75) is 0 Å². The summed E-state index contributed by atoms with van der Waals surface area (Å²) >= 11 is 6.02. The van der Waals surface area contributed by atoms with Crippen LogP contribution in [0.25, 0.3) is 0 Å². The van der Waals surface area contributed by atoms with Crippen molar-refractivity contribution in [3.63, 3.8) is 0 Å². The number of morpholine rings is 1. The van der Waals surface area contributed by atoms with E-state index in [0.717, 1.165) is 0 Å². The first-order valence-corrected chi connectivity index (χ1v) is 8.65. The molecule has 2 aromatic carbocycles. The Morgan fingerprint density at radius 1 is 1.12 bits per heavy atom. The maximum atomic E-state index is 12.6. The quantitative estimate of drug-likeness (QED) is 0.873. The lowest BCUT2D eigenvalue weighted by atomic mass is 10.2. The fourth-order valence-corrected chi connectivity index (χ4v) is 2.74. The van der Waals surface area contributed by atoms with Gasteiger partial charge in [0.2, 0.25) is 0 Å². The second-order valence-corrected chi connectivity index (χ2v) is 6.18. The number of amides is 2. The summed E-state index contributed by atoms with van der Waals surface area (Å²) in [6.07, 6.45) is 0. The molecule has 2 amide bonds. The highest BCUT2D eigenvalue weighted by atomic mass is 35.5. The number of rotatable bonds is 5. The Morgan fingerprint density at radius 3 is 2.58 bits per heavy atom. The fraction of sp³-hybridized carbons (Fsp3) is 0.263. The minimum absolute atomic E-state index is 0.141. The van der Waals surface area contributed by atoms with Crippen LogP contribution < -0.4 is 10.1 Å². The van der Waals surface area contributed by atoms with Crippen LogP contribution in [0.4, 0.5) is 5.69 Å². The lowest BCUT2D eigenvalue weighted by Gasteiger charge is -2.26. The van der Waals surface area contributed by atoms with E-state index in [2.05, 4.69) is 5.32 Å². The van der Waals surface area contributed by atoms with Gasteiger partial charge >= 0.3 is 0 Å². The summed E-state index contributed by atoms with van der Waals surface area (Å²) in [5, 5.41) is 3.20. The number of ether oxygens (including phenoxy) is 2. The summed E-state index contributed by atoms with van der Waals surface area (Å²) in [6.45, 7) is 2.00. The number of nitrogens with zero attached hydrogens (tertiary/aromatic N) is 1. The molecule has 7 heteroatoms. The van der Waals surface area contributed by atoms with Gasteiger partial charge in [0.1, 0.15) is 5.75 Å². The lowest BCUT2D eigenvalue weighted by Crippen LogP contribution is -2.43. The Morgan fingerprint density at radius 2 is 1.85 bits per heavy atom. The highest BCUT2D eigenvalue weighted by Crippen LogP contribution is 2.24. The molecule has 2 aromatic rings. The van der Waals surface area contributed by atoms with E-state index in [-0.39, 0.29) is 24.0 Å². The first-order valence-electron chi connectivity index (χ1n) is 8.28. The second kappa shape index (κ2) is 8.69. The SMILES string of the molecule is O=C(Nc1ccccc1)c1cc(Cl)ccc1OCC(=O)N1CCOCC1. The van der Waals surface area contributed by atoms with Gasteiger partial charge in [0, 0.05) is 23.8 Å². The largest absolute Gasteiger partial charge is 0.483 e. The van der Waals surface area contributed by atoms with Crippen LogP contribution in [0, 0.1) is 0 Å². The molecule has 6 nitrogen and oxygen atoms in total. The molecule has 0 atom stereocenters. The average molecular weight is 375 g/mol. The van der Waals surface area contributed by atoms with E-state index in [0.29, 0.717) is 42.8 Å². The number of hydrogen-bond donors (Lipinski definition) is 1. The Labute approximate surface area is 156 Å². The average Bonchev–Trinajstić information content (AvgIpc) is 2.68. The molecule has 0 radical (unpaired) electrons. The molecule has 1 saturated heterocycles. The third-order valence-electron chi connectivity index (χ3n) is 3.93. The third kappa shape index (κ3) is 4.74. The van der Waals surface area contributed by atoms with E-state index in [1.807, 2.05) is 18.2 Å². The summed E-state index contributed by atoms with van der Waals surface area (Å²) in [7, 11) is 0. The molecule has 0 unspecified atom stereocenters. The monoisotopic (exact) mass is 374 g/mol. The van der Waals surface area contributed by atoms with Crippen molar-refractivity contribution >= 4 is 29.1 Å². The number of hydrogen-bond acceptors (Lipinski definition) is 4. The molecule has 3 rings (SSSR count). The van der Waals surface area contributed by atoms with Crippen molar-refractivity contribution < 1.29 is 19.1 Å². The molecule has 1 N–H and O–H groups in total. The van der Waals surface area contributed by atoms with Gasteiger partial charge in [0.15, 0.2) is 6.61 Å². The highest BCUT2D eigenvalue weighted by Gasteiger charge is 2.19. The standard InChI is InChI=1S/C19H19ClN2O4/c20-14-6-7-17(26-13-18(23)22-8-10-25-11-9-22)16(12-14)19(24)21-15-4-2-1-3-5-15/h1-7,12H,8-11,13H2,(H,21,24). The molecule has 0 saturated carbocycles. The lowest BCUT2D eigenvalue weighted by molar-refractivity contribution is -0.137. The maximum absolute atomic E-state index is 12.6. The predicted molar refractivity (Wildman–Crippen MR) is 98.7 cm³/mol. The van der Waals surface area contributed by atoms with E-state index in [1.165, 1.54) is 6.07 Å². The molecule has 1 heterocycles. The molecule has 0 aliphatic carbocycles. The third-order valence-corrected chi connectivity index (χ3v) is 4.17. The van der Waals surface area contributed by atoms with Gasteiger partial charge in [0.25, 0.3) is 11.8 Å². The topological polar surface area (TPSA) is 67.9 Å². The molecule has 0 spiro atoms. The molecule has 0 bridgehead atoms. The van der Waals surface area contributed by atoms with Crippen molar-refractivity contribution in [1.82, 2.24) is 4.90 Å². The van der Waals surface area contributed by atoms with Gasteiger partial charge in [0.05, 0.1) is 18.8 Å². The van der Waals surface area contributed by atoms with Crippen LogP contribution in [0.3, 0.4) is 0 Å². The van der Waals surface area contributed by atoms with Gasteiger partial charge in [-0.3, -0.25) is 9.59 Å². The number of carbonyl (C=O) groups excluding carboxylic acids is 2. The van der Waals surface area contributed by atoms with Gasteiger partial charge in [-0.1, -0.05) is 29.8 Å². The van der Waals surface area contributed by atoms with Crippen LogP contribution >= 0.6 is 11.6 Å². The van der Waals surface area contributed by atoms with E-state index < -0.39 is 0 Å². The summed E-state index contributed by atoms with van der Waals surface area (Å²) in [5.41, 5.74) is 0.934. The van der Waals surface area contributed by atoms with Crippen LogP contribution in [0.5, 0.6) is 5.75 Å². The molecule has 1 aliphatic heterocycles. The molecule has 136 valence electrons. The van der Waals surface area contributed by atoms with Gasteiger partial charge in [-0.15, -0.1) is 0 Å². The molecule has 26 heavy (non-hydrogen) atoms. The molecule has 1 fully saturated rings. The number of nitrogens with one attached hydrogen (secondary N) is 1. The van der Waals surface area contributed by atoms with Crippen molar-refractivity contribution in [1.29, 1.82) is 0 Å². The van der Waals surface area contributed by atoms with Crippen LogP contribution in [0.15, 0.2) is 48.5 Å². The zero-order valence-corrected chi connectivity index (χ0v) is 14.9. The van der Waals surface area contributed by atoms with Gasteiger partial charge in [-0.25, -0.2) is 0 Å². The van der Waals surface area contributed by atoms with Crippen LogP contribution in [0.2, 0.25) is 5.02 Å². The minimum atomic E-state index is -0.354. The molecular weight excluding hydrogens is 356 g/mol. The Hall–Kier alpha value is -2.57. The Bertz CT molecular complexity index is 776. The van der Waals surface area contributed by atoms with Crippen molar-refractivity contribution in [3.8, 4) is 5.75 Å². The number of carbonyl (C=O) groups is 2. The molecule has 1 aliphatic rings. The molecular formula is C19H19ClN2O4. The van der Waals surface area contributed by atoms with Crippen molar-refractivity contribution in [3.05, 3.63) is 59.1 Å². The normalized spacial score (nSPS) is 14.0. The highest BCUT2D eigenvalue weighted by molar-refractivity contribution is 6.31. The maximum Gasteiger partial charge on any atom is 0.260 e. The van der Waals surface area contributed by atoms with Crippen LogP contribution in [-0.2, 0) is 9.53 Å². The van der Waals surface area contributed by atoms with Gasteiger partial charge < -0.3 is 19.7 Å². The van der Waals surface area contributed by atoms with E-state index in [4.69, 9.17) is 21.1 Å². The van der Waals surface area contributed by atoms with Crippen molar-refractivity contribution in [2.75, 3.05) is 38.2 Å². The Balaban J connectivity index is 1.69. The van der Waals surface area contributed by atoms with Crippen LogP contribution in [-0.4, -0.2) is 49.6 Å². The smallest absolute Gasteiger partial charge is 0.260 e. The zero-order valence-electron chi connectivity index (χ0n) is 14.1. The van der Waals surface area contributed by atoms with E-state index in [1.54, 1.807) is 29.2 Å². The molecule has 0 aromatic heterocycles. The van der Waals surface area contributed by atoms with Gasteiger partial charge in [-0.2, -0.15) is 0 Å². The number of benzene rings is 2. The Kier molecular flexibility index (Phi) is 6.09. The first kappa shape index (κ1) is 18.2. The summed E-state index contributed by atoms with van der Waals surface area (Å²) in [6, 6.07) is 13.8. The minimum Gasteiger partial charge on any atom is -0.483 e. The fourth-order valence-electron chi connectivity index (χ4n) is 2.57. The predicted octanol–water partition coefficient (Wildman–Crippen LogP) is 2.83. The second-order valence-electron chi connectivity index (χ2n) is 5.74. The number of para-hydroxylation sites is 1.